The van der Waals surface area contributed by atoms with Gasteiger partial charge in [0, 0.05) is 18.3 Å². The standard InChI is InChI=1S/C18H26O4/c19-16(12-4-2-1-3-5-12)7-6-13-10-15-14(17(13)20)11-18(15)21-8-9-22-18/h12-17,19-20H,1-5,8-11H2. The van der Waals surface area contributed by atoms with Crippen molar-refractivity contribution >= 4 is 0 Å². The van der Waals surface area contributed by atoms with E-state index in [1.807, 2.05) is 0 Å². The first-order chi connectivity index (χ1) is 10.7. The molecular weight excluding hydrogens is 280 g/mol. The Bertz CT molecular complexity index is 467. The summed E-state index contributed by atoms with van der Waals surface area (Å²) in [5.41, 5.74) is 0. The molecule has 4 fully saturated rings. The first kappa shape index (κ1) is 15.0. The molecule has 0 aromatic rings. The fourth-order valence-corrected chi connectivity index (χ4v) is 4.92. The highest BCUT2D eigenvalue weighted by molar-refractivity contribution is 5.19. The molecule has 0 amide bonds. The van der Waals surface area contributed by atoms with Crippen LogP contribution in [0.5, 0.6) is 0 Å². The molecule has 122 valence electrons. The normalized spacial score (nSPS) is 41.5. The Kier molecular flexibility index (Phi) is 3.94. The molecule has 3 saturated carbocycles. The van der Waals surface area contributed by atoms with Crippen LogP contribution in [0, 0.1) is 35.5 Å². The van der Waals surface area contributed by atoms with E-state index in [1.165, 1.54) is 19.3 Å². The van der Waals surface area contributed by atoms with E-state index in [0.29, 0.717) is 19.1 Å². The van der Waals surface area contributed by atoms with Gasteiger partial charge in [0.05, 0.1) is 19.3 Å². The van der Waals surface area contributed by atoms with Gasteiger partial charge in [-0.2, -0.15) is 0 Å². The largest absolute Gasteiger partial charge is 0.392 e. The van der Waals surface area contributed by atoms with E-state index in [-0.39, 0.29) is 17.8 Å². The Hall–Kier alpha value is -0.600. The number of hydrogen-bond acceptors (Lipinski definition) is 4. The number of ether oxygens (including phenoxy) is 2. The number of aliphatic hydroxyl groups excluding tert-OH is 2. The van der Waals surface area contributed by atoms with E-state index in [0.717, 1.165) is 25.7 Å². The molecule has 1 heterocycles. The first-order valence-corrected chi connectivity index (χ1v) is 8.85. The fraction of sp³-hybridized carbons (Fsp3) is 0.889. The van der Waals surface area contributed by atoms with Crippen molar-refractivity contribution in [1.29, 1.82) is 0 Å². The maximum absolute atomic E-state index is 10.5. The molecule has 4 heteroatoms. The van der Waals surface area contributed by atoms with Crippen molar-refractivity contribution in [2.45, 2.75) is 62.9 Å². The maximum Gasteiger partial charge on any atom is 0.172 e. The molecule has 22 heavy (non-hydrogen) atoms. The molecule has 1 aliphatic heterocycles. The smallest absolute Gasteiger partial charge is 0.172 e. The van der Waals surface area contributed by atoms with Crippen molar-refractivity contribution in [2.24, 2.45) is 23.7 Å². The summed E-state index contributed by atoms with van der Waals surface area (Å²) in [5, 5.41) is 20.7. The molecule has 1 saturated heterocycles. The minimum absolute atomic E-state index is 0.0413. The van der Waals surface area contributed by atoms with Gasteiger partial charge in [0.1, 0.15) is 6.10 Å². The van der Waals surface area contributed by atoms with Crippen LogP contribution in [0.15, 0.2) is 0 Å². The third kappa shape index (κ3) is 2.39. The average Bonchev–Trinajstić information content (AvgIpc) is 3.12. The van der Waals surface area contributed by atoms with Gasteiger partial charge in [-0.1, -0.05) is 31.1 Å². The van der Waals surface area contributed by atoms with E-state index in [9.17, 15) is 10.2 Å². The van der Waals surface area contributed by atoms with Gasteiger partial charge < -0.3 is 19.7 Å². The van der Waals surface area contributed by atoms with Crippen molar-refractivity contribution in [3.63, 3.8) is 0 Å². The van der Waals surface area contributed by atoms with E-state index < -0.39 is 18.0 Å². The Labute approximate surface area is 132 Å². The molecule has 0 aromatic carbocycles. The summed E-state index contributed by atoms with van der Waals surface area (Å²) in [5.74, 6) is 6.59. The predicted octanol–water partition coefficient (Wildman–Crippen LogP) is 1.69. The van der Waals surface area contributed by atoms with Gasteiger partial charge in [-0.05, 0) is 31.1 Å². The van der Waals surface area contributed by atoms with Crippen LogP contribution < -0.4 is 0 Å². The molecule has 1 spiro atoms. The van der Waals surface area contributed by atoms with Crippen LogP contribution in [0.1, 0.15) is 44.9 Å². The van der Waals surface area contributed by atoms with Crippen molar-refractivity contribution in [1.82, 2.24) is 0 Å². The molecule has 3 aliphatic carbocycles. The molecule has 4 nitrogen and oxygen atoms in total. The summed E-state index contributed by atoms with van der Waals surface area (Å²) in [6.07, 6.45) is 6.56. The number of aliphatic hydroxyl groups is 2. The maximum atomic E-state index is 10.5. The molecule has 4 rings (SSSR count). The third-order valence-electron chi connectivity index (χ3n) is 6.25. The molecule has 0 radical (unpaired) electrons. The SMILES string of the molecule is OC(C#CC1CC2C(CC23OCCO3)C1O)C1CCCCC1. The third-order valence-corrected chi connectivity index (χ3v) is 6.25. The van der Waals surface area contributed by atoms with E-state index in [4.69, 9.17) is 9.47 Å². The lowest BCUT2D eigenvalue weighted by Crippen LogP contribution is -2.54. The van der Waals surface area contributed by atoms with Crippen molar-refractivity contribution < 1.29 is 19.7 Å². The average molecular weight is 306 g/mol. The molecular formula is C18H26O4. The first-order valence-electron chi connectivity index (χ1n) is 8.85. The van der Waals surface area contributed by atoms with Crippen molar-refractivity contribution in [3.05, 3.63) is 0 Å². The summed E-state index contributed by atoms with van der Waals surface area (Å²) in [6.45, 7) is 1.33. The van der Waals surface area contributed by atoms with Gasteiger partial charge >= 0.3 is 0 Å². The predicted molar refractivity (Wildman–Crippen MR) is 80.7 cm³/mol. The summed E-state index contributed by atoms with van der Waals surface area (Å²) >= 11 is 0. The number of fused-ring (bicyclic) bond motifs is 2. The van der Waals surface area contributed by atoms with Crippen LogP contribution in [0.2, 0.25) is 0 Å². The number of rotatable bonds is 1. The zero-order valence-corrected chi connectivity index (χ0v) is 13.0. The van der Waals surface area contributed by atoms with Crippen LogP contribution in [0.25, 0.3) is 0 Å². The lowest BCUT2D eigenvalue weighted by Gasteiger charge is -2.48. The van der Waals surface area contributed by atoms with Gasteiger partial charge in [-0.15, -0.1) is 0 Å². The van der Waals surface area contributed by atoms with Gasteiger partial charge in [-0.3, -0.25) is 0 Å². The fourth-order valence-electron chi connectivity index (χ4n) is 4.92. The Balaban J connectivity index is 1.39. The second-order valence-electron chi connectivity index (χ2n) is 7.45. The Morgan fingerprint density at radius 3 is 2.55 bits per heavy atom. The highest BCUT2D eigenvalue weighted by Crippen LogP contribution is 2.58. The highest BCUT2D eigenvalue weighted by Gasteiger charge is 2.64. The van der Waals surface area contributed by atoms with Crippen molar-refractivity contribution in [3.8, 4) is 11.8 Å². The molecule has 5 unspecified atom stereocenters. The van der Waals surface area contributed by atoms with Crippen LogP contribution in [0.4, 0.5) is 0 Å². The van der Waals surface area contributed by atoms with Crippen molar-refractivity contribution in [2.75, 3.05) is 13.2 Å². The summed E-state index contributed by atoms with van der Waals surface area (Å²) in [4.78, 5) is 0. The number of hydrogen-bond donors (Lipinski definition) is 2. The summed E-state index contributed by atoms with van der Waals surface area (Å²) < 4.78 is 11.6. The van der Waals surface area contributed by atoms with E-state index >= 15 is 0 Å². The minimum Gasteiger partial charge on any atom is -0.392 e. The molecule has 0 bridgehead atoms. The monoisotopic (exact) mass is 306 g/mol. The van der Waals surface area contributed by atoms with Gasteiger partial charge in [0.2, 0.25) is 0 Å². The van der Waals surface area contributed by atoms with Gasteiger partial charge in [0.25, 0.3) is 0 Å². The lowest BCUT2D eigenvalue weighted by molar-refractivity contribution is -0.275. The molecule has 5 atom stereocenters. The van der Waals surface area contributed by atoms with Crippen LogP contribution in [-0.2, 0) is 9.47 Å². The van der Waals surface area contributed by atoms with Crippen LogP contribution >= 0.6 is 0 Å². The lowest BCUT2D eigenvalue weighted by atomic mass is 9.69. The van der Waals surface area contributed by atoms with E-state index in [1.54, 1.807) is 0 Å². The molecule has 4 aliphatic rings. The van der Waals surface area contributed by atoms with E-state index in [2.05, 4.69) is 11.8 Å². The molecule has 2 N–H and O–H groups in total. The molecule has 0 aromatic heterocycles. The highest BCUT2D eigenvalue weighted by atomic mass is 16.7. The zero-order chi connectivity index (χ0) is 15.2. The van der Waals surface area contributed by atoms with Gasteiger partial charge in [-0.25, -0.2) is 0 Å². The second-order valence-corrected chi connectivity index (χ2v) is 7.45. The van der Waals surface area contributed by atoms with Crippen LogP contribution in [0.3, 0.4) is 0 Å². The summed E-state index contributed by atoms with van der Waals surface area (Å²) in [6, 6.07) is 0. The van der Waals surface area contributed by atoms with Crippen LogP contribution in [-0.4, -0.2) is 41.4 Å². The summed E-state index contributed by atoms with van der Waals surface area (Å²) in [7, 11) is 0. The minimum atomic E-state index is -0.529. The topological polar surface area (TPSA) is 58.9 Å². The van der Waals surface area contributed by atoms with Gasteiger partial charge in [0.15, 0.2) is 5.79 Å². The quantitative estimate of drug-likeness (QED) is 0.724. The Morgan fingerprint density at radius 1 is 1.09 bits per heavy atom. The zero-order valence-electron chi connectivity index (χ0n) is 13.0. The Morgan fingerprint density at radius 2 is 1.82 bits per heavy atom. The second kappa shape index (κ2) is 5.79.